The van der Waals surface area contributed by atoms with Gasteiger partial charge in [0, 0.05) is 48.2 Å². The number of piperidine rings is 1. The molecule has 0 N–H and O–H groups in total. The minimum atomic E-state index is 0.404. The molecule has 7 nitrogen and oxygen atoms in total. The number of benzene rings is 2. The summed E-state index contributed by atoms with van der Waals surface area (Å²) in [5.41, 5.74) is 4.93. The molecule has 210 valence electrons. The SMILES string of the molecule is [C-]#[N+]C[C@@H]1CCCN(c2nc(OC[C@@H]3CCCN3CCC)nc3c2CCN(c2cccc4cccc(C)c24)C3)C1. The maximum Gasteiger partial charge on any atom is 0.318 e. The second-order valence-corrected chi connectivity index (χ2v) is 11.8. The number of aromatic nitrogens is 2. The summed E-state index contributed by atoms with van der Waals surface area (Å²) in [6, 6.07) is 14.1. The molecule has 1 aromatic heterocycles. The summed E-state index contributed by atoms with van der Waals surface area (Å²) in [5, 5.41) is 2.61. The molecular formula is C33H42N6O. The Bertz CT molecular complexity index is 1380. The van der Waals surface area contributed by atoms with E-state index in [1.165, 1.54) is 46.8 Å². The van der Waals surface area contributed by atoms with Gasteiger partial charge in [-0.2, -0.15) is 9.97 Å². The van der Waals surface area contributed by atoms with Crippen LogP contribution in [0.2, 0.25) is 0 Å². The predicted molar refractivity (Wildman–Crippen MR) is 162 cm³/mol. The first kappa shape index (κ1) is 26.8. The first-order chi connectivity index (χ1) is 19.6. The molecule has 0 bridgehead atoms. The number of aryl methyl sites for hydroxylation is 1. The zero-order valence-corrected chi connectivity index (χ0v) is 24.1. The minimum Gasteiger partial charge on any atom is -0.462 e. The second-order valence-electron chi connectivity index (χ2n) is 11.8. The lowest BCUT2D eigenvalue weighted by atomic mass is 9.96. The number of rotatable bonds is 8. The number of ether oxygens (including phenoxy) is 1. The third-order valence-corrected chi connectivity index (χ3v) is 9.04. The van der Waals surface area contributed by atoms with Gasteiger partial charge in [0.2, 0.25) is 6.54 Å². The van der Waals surface area contributed by atoms with Crippen LogP contribution in [0.5, 0.6) is 6.01 Å². The Morgan fingerprint density at radius 1 is 1.02 bits per heavy atom. The van der Waals surface area contributed by atoms with E-state index < -0.39 is 0 Å². The van der Waals surface area contributed by atoms with Gasteiger partial charge in [-0.3, -0.25) is 4.90 Å². The van der Waals surface area contributed by atoms with Gasteiger partial charge >= 0.3 is 6.01 Å². The number of anilines is 2. The van der Waals surface area contributed by atoms with E-state index in [9.17, 15) is 0 Å². The van der Waals surface area contributed by atoms with Crippen LogP contribution in [0.4, 0.5) is 11.5 Å². The van der Waals surface area contributed by atoms with Gasteiger partial charge in [-0.15, -0.1) is 0 Å². The average Bonchev–Trinajstić information content (AvgIpc) is 3.42. The van der Waals surface area contributed by atoms with Crippen molar-refractivity contribution >= 4 is 22.3 Å². The fourth-order valence-corrected chi connectivity index (χ4v) is 7.06. The molecule has 3 aromatic rings. The van der Waals surface area contributed by atoms with Crippen molar-refractivity contribution in [2.24, 2.45) is 5.92 Å². The van der Waals surface area contributed by atoms with Crippen molar-refractivity contribution in [2.75, 3.05) is 55.7 Å². The quantitative estimate of drug-likeness (QED) is 0.334. The average molecular weight is 539 g/mol. The Hall–Kier alpha value is -3.37. The zero-order chi connectivity index (χ0) is 27.5. The van der Waals surface area contributed by atoms with Crippen LogP contribution in [-0.4, -0.2) is 66.8 Å². The second kappa shape index (κ2) is 12.0. The molecule has 0 saturated carbocycles. The summed E-state index contributed by atoms with van der Waals surface area (Å²) in [7, 11) is 0. The van der Waals surface area contributed by atoms with E-state index in [0.29, 0.717) is 31.1 Å². The highest BCUT2D eigenvalue weighted by Gasteiger charge is 2.31. The number of nitrogens with zero attached hydrogens (tertiary/aromatic N) is 6. The first-order valence-corrected chi connectivity index (χ1v) is 15.2. The topological polar surface area (TPSA) is 49.1 Å². The van der Waals surface area contributed by atoms with E-state index in [1.807, 2.05) is 0 Å². The standard InChI is InChI=1S/C33H42N6O/c1-4-16-37-17-8-13-27(37)23-40-33-35-29-22-38(30-14-6-12-26-11-5-9-24(2)31(26)30)19-15-28(29)32(36-33)39-18-7-10-25(21-39)20-34-3/h5-6,9,11-12,14,25,27H,4,7-8,10,13,15-23H2,1-2H3/t25-,27-/m0/s1. The summed E-state index contributed by atoms with van der Waals surface area (Å²) in [6.07, 6.45) is 6.71. The Labute approximate surface area is 239 Å². The third-order valence-electron chi connectivity index (χ3n) is 9.04. The van der Waals surface area contributed by atoms with Crippen LogP contribution in [0.25, 0.3) is 15.6 Å². The van der Waals surface area contributed by atoms with Crippen molar-refractivity contribution in [3.63, 3.8) is 0 Å². The highest BCUT2D eigenvalue weighted by molar-refractivity contribution is 5.97. The molecule has 6 rings (SSSR count). The van der Waals surface area contributed by atoms with Gasteiger partial charge in [0.15, 0.2) is 0 Å². The minimum absolute atomic E-state index is 0.404. The monoisotopic (exact) mass is 538 g/mol. The zero-order valence-electron chi connectivity index (χ0n) is 24.1. The maximum absolute atomic E-state index is 7.41. The van der Waals surface area contributed by atoms with E-state index in [4.69, 9.17) is 21.3 Å². The highest BCUT2D eigenvalue weighted by Crippen LogP contribution is 2.36. The number of fused-ring (bicyclic) bond motifs is 2. The molecule has 3 aliphatic rings. The van der Waals surface area contributed by atoms with Crippen molar-refractivity contribution in [3.05, 3.63) is 64.6 Å². The lowest BCUT2D eigenvalue weighted by molar-refractivity contribution is 0.164. The molecule has 0 spiro atoms. The largest absolute Gasteiger partial charge is 0.462 e. The summed E-state index contributed by atoms with van der Waals surface area (Å²) in [5.74, 6) is 1.45. The van der Waals surface area contributed by atoms with E-state index in [2.05, 4.69) is 69.8 Å². The van der Waals surface area contributed by atoms with E-state index in [1.54, 1.807) is 0 Å². The smallest absolute Gasteiger partial charge is 0.318 e. The van der Waals surface area contributed by atoms with Crippen molar-refractivity contribution < 1.29 is 4.74 Å². The Kier molecular flexibility index (Phi) is 8.06. The summed E-state index contributed by atoms with van der Waals surface area (Å²) in [4.78, 5) is 21.3. The molecule has 2 aromatic carbocycles. The molecule has 3 aliphatic heterocycles. The van der Waals surface area contributed by atoms with Crippen molar-refractivity contribution in [3.8, 4) is 6.01 Å². The first-order valence-electron chi connectivity index (χ1n) is 15.2. The lowest BCUT2D eigenvalue weighted by Crippen LogP contribution is -2.40. The Morgan fingerprint density at radius 2 is 1.88 bits per heavy atom. The number of hydrogen-bond donors (Lipinski definition) is 0. The van der Waals surface area contributed by atoms with Gasteiger partial charge in [0.05, 0.1) is 12.2 Å². The van der Waals surface area contributed by atoms with Crippen LogP contribution in [0.1, 0.15) is 55.8 Å². The van der Waals surface area contributed by atoms with Crippen molar-refractivity contribution in [1.82, 2.24) is 14.9 Å². The van der Waals surface area contributed by atoms with Crippen LogP contribution in [-0.2, 0) is 13.0 Å². The summed E-state index contributed by atoms with van der Waals surface area (Å²) < 4.78 is 6.41. The van der Waals surface area contributed by atoms with Crippen LogP contribution >= 0.6 is 0 Å². The van der Waals surface area contributed by atoms with Crippen LogP contribution in [0.3, 0.4) is 0 Å². The van der Waals surface area contributed by atoms with E-state index >= 15 is 0 Å². The van der Waals surface area contributed by atoms with Crippen molar-refractivity contribution in [2.45, 2.75) is 65.0 Å². The molecule has 0 aliphatic carbocycles. The molecule has 0 radical (unpaired) electrons. The predicted octanol–water partition coefficient (Wildman–Crippen LogP) is 5.89. The fourth-order valence-electron chi connectivity index (χ4n) is 7.06. The van der Waals surface area contributed by atoms with Gasteiger partial charge in [-0.25, -0.2) is 6.57 Å². The van der Waals surface area contributed by atoms with Gasteiger partial charge in [-0.1, -0.05) is 37.3 Å². The van der Waals surface area contributed by atoms with Crippen LogP contribution in [0.15, 0.2) is 36.4 Å². The van der Waals surface area contributed by atoms with Gasteiger partial charge in [0.25, 0.3) is 0 Å². The van der Waals surface area contributed by atoms with Crippen LogP contribution < -0.4 is 14.5 Å². The number of hydrogen-bond acceptors (Lipinski definition) is 6. The van der Waals surface area contributed by atoms with E-state index in [-0.39, 0.29) is 0 Å². The molecule has 4 heterocycles. The molecule has 7 heteroatoms. The summed E-state index contributed by atoms with van der Waals surface area (Å²) in [6.45, 7) is 18.9. The molecule has 40 heavy (non-hydrogen) atoms. The molecule has 0 unspecified atom stereocenters. The third kappa shape index (κ3) is 5.47. The molecule has 2 atom stereocenters. The fraction of sp³-hybridized carbons (Fsp3) is 0.545. The van der Waals surface area contributed by atoms with E-state index in [0.717, 1.165) is 70.0 Å². The molecular weight excluding hydrogens is 496 g/mol. The van der Waals surface area contributed by atoms with Gasteiger partial charge in [0.1, 0.15) is 12.4 Å². The molecule has 2 fully saturated rings. The van der Waals surface area contributed by atoms with Crippen LogP contribution in [0, 0.1) is 19.4 Å². The maximum atomic E-state index is 7.41. The number of likely N-dealkylation sites (tertiary alicyclic amines) is 1. The summed E-state index contributed by atoms with van der Waals surface area (Å²) >= 11 is 0. The molecule has 0 amide bonds. The van der Waals surface area contributed by atoms with Crippen molar-refractivity contribution in [1.29, 1.82) is 0 Å². The highest BCUT2D eigenvalue weighted by atomic mass is 16.5. The van der Waals surface area contributed by atoms with Gasteiger partial charge < -0.3 is 19.4 Å². The Balaban J connectivity index is 1.32. The lowest BCUT2D eigenvalue weighted by Gasteiger charge is -2.36. The normalized spacial score (nSPS) is 21.4. The molecule has 2 saturated heterocycles. The van der Waals surface area contributed by atoms with Gasteiger partial charge in [-0.05, 0) is 75.6 Å². The Morgan fingerprint density at radius 3 is 2.73 bits per heavy atom.